The summed E-state index contributed by atoms with van der Waals surface area (Å²) in [5.74, 6) is -0.0329. The van der Waals surface area contributed by atoms with Crippen molar-refractivity contribution in [2.75, 3.05) is 5.88 Å². The fourth-order valence-electron chi connectivity index (χ4n) is 2.52. The van der Waals surface area contributed by atoms with Gasteiger partial charge in [0.25, 0.3) is 0 Å². The van der Waals surface area contributed by atoms with Crippen LogP contribution < -0.4 is 0 Å². The number of rotatable bonds is 3. The summed E-state index contributed by atoms with van der Waals surface area (Å²) in [5, 5.41) is 0. The first-order valence-corrected chi connectivity index (χ1v) is 6.65. The smallest absolute Gasteiger partial charge is 0.321 e. The zero-order valence-corrected chi connectivity index (χ0v) is 10.5. The zero-order chi connectivity index (χ0) is 12.1. The highest BCUT2D eigenvalue weighted by Gasteiger charge is 2.29. The molecule has 0 radical (unpaired) electrons. The molecule has 0 N–H and O–H groups in total. The summed E-state index contributed by atoms with van der Waals surface area (Å²) in [5.41, 5.74) is 1.26. The Balaban J connectivity index is 2.09. The average Bonchev–Trinajstić information content (AvgIpc) is 2.40. The number of carbonyl (C=O) groups excluding carboxylic acids is 1. The van der Waals surface area contributed by atoms with Crippen molar-refractivity contribution in [3.63, 3.8) is 0 Å². The number of carbonyl (C=O) groups is 1. The van der Waals surface area contributed by atoms with E-state index in [1.165, 1.54) is 12.0 Å². The van der Waals surface area contributed by atoms with Crippen molar-refractivity contribution in [3.8, 4) is 0 Å². The largest absolute Gasteiger partial charge is 0.461 e. The van der Waals surface area contributed by atoms with E-state index in [1.807, 2.05) is 18.2 Å². The number of halogens is 1. The van der Waals surface area contributed by atoms with E-state index in [-0.39, 0.29) is 18.0 Å². The summed E-state index contributed by atoms with van der Waals surface area (Å²) in [6.07, 6.45) is 4.36. The third-order valence-electron chi connectivity index (χ3n) is 3.32. The van der Waals surface area contributed by atoms with Gasteiger partial charge in [-0.1, -0.05) is 36.8 Å². The molecule has 2 nitrogen and oxygen atoms in total. The molecule has 1 fully saturated rings. The van der Waals surface area contributed by atoms with E-state index in [9.17, 15) is 4.79 Å². The normalized spacial score (nSPS) is 24.3. The van der Waals surface area contributed by atoms with Crippen LogP contribution in [0, 0.1) is 0 Å². The summed E-state index contributed by atoms with van der Waals surface area (Å²) in [7, 11) is 0. The van der Waals surface area contributed by atoms with Crippen LogP contribution in [-0.4, -0.2) is 18.0 Å². The molecule has 0 unspecified atom stereocenters. The molecule has 1 aromatic carbocycles. The Morgan fingerprint density at radius 3 is 2.65 bits per heavy atom. The number of ether oxygens (including phenoxy) is 1. The minimum Gasteiger partial charge on any atom is -0.461 e. The Morgan fingerprint density at radius 2 is 1.94 bits per heavy atom. The Kier molecular flexibility index (Phi) is 4.43. The zero-order valence-electron chi connectivity index (χ0n) is 9.77. The van der Waals surface area contributed by atoms with Gasteiger partial charge in [0, 0.05) is 5.92 Å². The molecule has 92 valence electrons. The predicted molar refractivity (Wildman–Crippen MR) is 68.3 cm³/mol. The Hall–Kier alpha value is -1.02. The lowest BCUT2D eigenvalue weighted by Crippen LogP contribution is -2.29. The van der Waals surface area contributed by atoms with E-state index in [1.54, 1.807) is 0 Å². The molecule has 0 heterocycles. The van der Waals surface area contributed by atoms with Crippen molar-refractivity contribution in [1.29, 1.82) is 0 Å². The van der Waals surface area contributed by atoms with Crippen molar-refractivity contribution in [2.24, 2.45) is 0 Å². The van der Waals surface area contributed by atoms with E-state index >= 15 is 0 Å². The molecule has 0 bridgehead atoms. The number of esters is 1. The molecular weight excluding hydrogens is 236 g/mol. The molecule has 1 aliphatic rings. The molecule has 0 amide bonds. The Morgan fingerprint density at radius 1 is 1.24 bits per heavy atom. The molecule has 1 aliphatic carbocycles. The standard InChI is InChI=1S/C14H17ClO2/c15-10-14(16)17-13-9-5-4-8-12(13)11-6-2-1-3-7-11/h1-3,6-7,12-13H,4-5,8-10H2/t12-,13-/m0/s1. The second kappa shape index (κ2) is 6.06. The number of hydrogen-bond donors (Lipinski definition) is 0. The lowest BCUT2D eigenvalue weighted by molar-refractivity contribution is -0.148. The third kappa shape index (κ3) is 3.22. The van der Waals surface area contributed by atoms with E-state index in [4.69, 9.17) is 16.3 Å². The number of benzene rings is 1. The first-order valence-electron chi connectivity index (χ1n) is 6.11. The minimum absolute atomic E-state index is 0.00241. The van der Waals surface area contributed by atoms with Gasteiger partial charge in [0.2, 0.25) is 0 Å². The van der Waals surface area contributed by atoms with Crippen LogP contribution in [0.25, 0.3) is 0 Å². The maximum atomic E-state index is 11.3. The van der Waals surface area contributed by atoms with Crippen LogP contribution in [0.3, 0.4) is 0 Å². The lowest BCUT2D eigenvalue weighted by Gasteiger charge is -2.31. The molecule has 1 saturated carbocycles. The first kappa shape index (κ1) is 12.4. The summed E-state index contributed by atoms with van der Waals surface area (Å²) < 4.78 is 5.44. The molecule has 3 heteroatoms. The van der Waals surface area contributed by atoms with Gasteiger partial charge < -0.3 is 4.74 Å². The fraction of sp³-hybridized carbons (Fsp3) is 0.500. The highest BCUT2D eigenvalue weighted by atomic mass is 35.5. The van der Waals surface area contributed by atoms with Crippen molar-refractivity contribution >= 4 is 17.6 Å². The molecule has 0 saturated heterocycles. The molecule has 17 heavy (non-hydrogen) atoms. The molecule has 2 rings (SSSR count). The average molecular weight is 253 g/mol. The topological polar surface area (TPSA) is 26.3 Å². The summed E-state index contributed by atoms with van der Waals surface area (Å²) >= 11 is 5.49. The van der Waals surface area contributed by atoms with Crippen molar-refractivity contribution in [2.45, 2.75) is 37.7 Å². The summed E-state index contributed by atoms with van der Waals surface area (Å²) in [6.45, 7) is 0. The van der Waals surface area contributed by atoms with Gasteiger partial charge in [0.1, 0.15) is 12.0 Å². The van der Waals surface area contributed by atoms with Gasteiger partial charge in [0.05, 0.1) is 0 Å². The van der Waals surface area contributed by atoms with Crippen LogP contribution in [0.5, 0.6) is 0 Å². The van der Waals surface area contributed by atoms with Gasteiger partial charge in [-0.05, 0) is 24.8 Å². The molecular formula is C14H17ClO2. The van der Waals surface area contributed by atoms with Crippen LogP contribution in [0.1, 0.15) is 37.2 Å². The van der Waals surface area contributed by atoms with E-state index < -0.39 is 0 Å². The van der Waals surface area contributed by atoms with Crippen molar-refractivity contribution < 1.29 is 9.53 Å². The second-order valence-electron chi connectivity index (χ2n) is 4.46. The Labute approximate surface area is 107 Å². The van der Waals surface area contributed by atoms with Crippen molar-refractivity contribution in [1.82, 2.24) is 0 Å². The van der Waals surface area contributed by atoms with Crippen LogP contribution in [0.4, 0.5) is 0 Å². The maximum Gasteiger partial charge on any atom is 0.321 e. The minimum atomic E-state index is -0.306. The van der Waals surface area contributed by atoms with E-state index in [0.717, 1.165) is 19.3 Å². The van der Waals surface area contributed by atoms with Gasteiger partial charge >= 0.3 is 5.97 Å². The molecule has 0 aromatic heterocycles. The monoisotopic (exact) mass is 252 g/mol. The lowest BCUT2D eigenvalue weighted by atomic mass is 9.81. The molecule has 2 atom stereocenters. The molecule has 0 aliphatic heterocycles. The Bertz CT molecular complexity index is 364. The number of hydrogen-bond acceptors (Lipinski definition) is 2. The number of alkyl halides is 1. The maximum absolute atomic E-state index is 11.3. The summed E-state index contributed by atoms with van der Waals surface area (Å²) in [4.78, 5) is 11.3. The predicted octanol–water partition coefficient (Wildman–Crippen LogP) is 3.49. The van der Waals surface area contributed by atoms with Crippen LogP contribution in [0.15, 0.2) is 30.3 Å². The van der Waals surface area contributed by atoms with Gasteiger partial charge in [-0.15, -0.1) is 11.6 Å². The van der Waals surface area contributed by atoms with Gasteiger partial charge in [-0.3, -0.25) is 4.79 Å². The first-order chi connectivity index (χ1) is 8.31. The van der Waals surface area contributed by atoms with E-state index in [2.05, 4.69) is 12.1 Å². The summed E-state index contributed by atoms with van der Waals surface area (Å²) in [6, 6.07) is 10.3. The van der Waals surface area contributed by atoms with Crippen LogP contribution in [0.2, 0.25) is 0 Å². The SMILES string of the molecule is O=C(CCl)O[C@H]1CCCC[C@H]1c1ccccc1. The highest BCUT2D eigenvalue weighted by molar-refractivity contribution is 6.26. The van der Waals surface area contributed by atoms with Gasteiger partial charge in [0.15, 0.2) is 0 Å². The van der Waals surface area contributed by atoms with Crippen LogP contribution >= 0.6 is 11.6 Å². The van der Waals surface area contributed by atoms with Gasteiger partial charge in [-0.25, -0.2) is 0 Å². The highest BCUT2D eigenvalue weighted by Crippen LogP contribution is 2.34. The van der Waals surface area contributed by atoms with Crippen LogP contribution in [-0.2, 0) is 9.53 Å². The quantitative estimate of drug-likeness (QED) is 0.608. The van der Waals surface area contributed by atoms with Gasteiger partial charge in [-0.2, -0.15) is 0 Å². The third-order valence-corrected chi connectivity index (χ3v) is 3.54. The molecule has 0 spiro atoms. The van der Waals surface area contributed by atoms with E-state index in [0.29, 0.717) is 5.92 Å². The fourth-order valence-corrected chi connectivity index (χ4v) is 2.58. The second-order valence-corrected chi connectivity index (χ2v) is 4.73. The molecule has 1 aromatic rings. The van der Waals surface area contributed by atoms with Crippen molar-refractivity contribution in [3.05, 3.63) is 35.9 Å².